The van der Waals surface area contributed by atoms with E-state index in [-0.39, 0.29) is 5.91 Å². The summed E-state index contributed by atoms with van der Waals surface area (Å²) in [6.45, 7) is 0.560. The molecule has 0 N–H and O–H groups in total. The second-order valence-electron chi connectivity index (χ2n) is 4.41. The second-order valence-corrected chi connectivity index (χ2v) is 7.10. The number of amides is 1. The second kappa shape index (κ2) is 6.87. The SMILES string of the molecule is CN(Cc1ccccc1Br)C(=O)c1cc(Br)cc(Br)c1. The molecular weight excluding hydrogens is 450 g/mol. The maximum absolute atomic E-state index is 12.4. The van der Waals surface area contributed by atoms with Crippen LogP contribution in [0.15, 0.2) is 55.9 Å². The minimum absolute atomic E-state index is 0.0113. The standard InChI is InChI=1S/C15H12Br3NO/c1-19(9-10-4-2-3-5-14(10)18)15(20)11-6-12(16)8-13(17)7-11/h2-8H,9H2,1H3. The zero-order valence-electron chi connectivity index (χ0n) is 10.7. The van der Waals surface area contributed by atoms with Gasteiger partial charge in [0.05, 0.1) is 0 Å². The van der Waals surface area contributed by atoms with Crippen molar-refractivity contribution >= 4 is 53.7 Å². The molecule has 2 aromatic rings. The van der Waals surface area contributed by atoms with E-state index in [4.69, 9.17) is 0 Å². The zero-order valence-corrected chi connectivity index (χ0v) is 15.5. The first-order chi connectivity index (χ1) is 9.47. The number of hydrogen-bond acceptors (Lipinski definition) is 1. The maximum atomic E-state index is 12.4. The zero-order chi connectivity index (χ0) is 14.7. The fraction of sp³-hybridized carbons (Fsp3) is 0.133. The van der Waals surface area contributed by atoms with E-state index >= 15 is 0 Å². The molecule has 1 amide bonds. The fourth-order valence-corrected chi connectivity index (χ4v) is 3.56. The highest BCUT2D eigenvalue weighted by Crippen LogP contribution is 2.22. The molecule has 20 heavy (non-hydrogen) atoms. The van der Waals surface area contributed by atoms with Crippen LogP contribution in [-0.2, 0) is 6.54 Å². The average molecular weight is 462 g/mol. The highest BCUT2D eigenvalue weighted by Gasteiger charge is 2.14. The van der Waals surface area contributed by atoms with Crippen molar-refractivity contribution in [3.05, 3.63) is 67.0 Å². The molecule has 0 heterocycles. The Morgan fingerprint density at radius 3 is 2.25 bits per heavy atom. The summed E-state index contributed by atoms with van der Waals surface area (Å²) in [5.41, 5.74) is 1.73. The quantitative estimate of drug-likeness (QED) is 0.611. The predicted molar refractivity (Wildman–Crippen MR) is 91.8 cm³/mol. The number of benzene rings is 2. The Hall–Kier alpha value is -0.650. The molecule has 0 spiro atoms. The van der Waals surface area contributed by atoms with Crippen molar-refractivity contribution in [2.75, 3.05) is 7.05 Å². The van der Waals surface area contributed by atoms with Gasteiger partial charge in [0.2, 0.25) is 0 Å². The van der Waals surface area contributed by atoms with Crippen LogP contribution < -0.4 is 0 Å². The van der Waals surface area contributed by atoms with Gasteiger partial charge < -0.3 is 4.90 Å². The van der Waals surface area contributed by atoms with Gasteiger partial charge in [0.25, 0.3) is 5.91 Å². The maximum Gasteiger partial charge on any atom is 0.253 e. The van der Waals surface area contributed by atoms with Crippen LogP contribution in [-0.4, -0.2) is 17.9 Å². The largest absolute Gasteiger partial charge is 0.337 e. The van der Waals surface area contributed by atoms with Crippen LogP contribution >= 0.6 is 47.8 Å². The number of rotatable bonds is 3. The van der Waals surface area contributed by atoms with Crippen LogP contribution in [0, 0.1) is 0 Å². The molecule has 0 atom stereocenters. The molecule has 0 unspecified atom stereocenters. The van der Waals surface area contributed by atoms with Gasteiger partial charge in [-0.15, -0.1) is 0 Å². The fourth-order valence-electron chi connectivity index (χ4n) is 1.85. The lowest BCUT2D eigenvalue weighted by Crippen LogP contribution is -2.26. The van der Waals surface area contributed by atoms with Crippen molar-refractivity contribution in [2.24, 2.45) is 0 Å². The molecule has 0 saturated heterocycles. The molecule has 0 aliphatic carbocycles. The molecule has 0 aliphatic heterocycles. The van der Waals surface area contributed by atoms with Crippen LogP contribution in [0.5, 0.6) is 0 Å². The van der Waals surface area contributed by atoms with E-state index < -0.39 is 0 Å². The van der Waals surface area contributed by atoms with E-state index in [1.54, 1.807) is 11.9 Å². The van der Waals surface area contributed by atoms with Crippen LogP contribution in [0.25, 0.3) is 0 Å². The van der Waals surface area contributed by atoms with E-state index in [2.05, 4.69) is 47.8 Å². The summed E-state index contributed by atoms with van der Waals surface area (Å²) in [6, 6.07) is 13.5. The first kappa shape index (κ1) is 15.7. The molecule has 0 fully saturated rings. The van der Waals surface area contributed by atoms with Gasteiger partial charge in [-0.25, -0.2) is 0 Å². The smallest absolute Gasteiger partial charge is 0.253 e. The van der Waals surface area contributed by atoms with Crippen molar-refractivity contribution in [2.45, 2.75) is 6.54 Å². The highest BCUT2D eigenvalue weighted by atomic mass is 79.9. The monoisotopic (exact) mass is 459 g/mol. The van der Waals surface area contributed by atoms with Gasteiger partial charge in [-0.1, -0.05) is 66.0 Å². The Labute approximate surface area is 143 Å². The summed E-state index contributed by atoms with van der Waals surface area (Å²) in [7, 11) is 1.80. The molecule has 0 aromatic heterocycles. The Kier molecular flexibility index (Phi) is 5.41. The molecule has 0 aliphatic rings. The van der Waals surface area contributed by atoms with Gasteiger partial charge in [0.1, 0.15) is 0 Å². The van der Waals surface area contributed by atoms with Gasteiger partial charge in [0.15, 0.2) is 0 Å². The van der Waals surface area contributed by atoms with Crippen LogP contribution in [0.1, 0.15) is 15.9 Å². The third kappa shape index (κ3) is 3.93. The van der Waals surface area contributed by atoms with Gasteiger partial charge in [0, 0.05) is 32.6 Å². The minimum Gasteiger partial charge on any atom is -0.337 e. The molecule has 5 heteroatoms. The van der Waals surface area contributed by atoms with E-state index in [1.807, 2.05) is 42.5 Å². The van der Waals surface area contributed by atoms with E-state index in [9.17, 15) is 4.79 Å². The molecule has 0 bridgehead atoms. The Morgan fingerprint density at radius 2 is 1.65 bits per heavy atom. The van der Waals surface area contributed by atoms with Crippen molar-refractivity contribution in [1.82, 2.24) is 4.90 Å². The average Bonchev–Trinajstić information content (AvgIpc) is 2.39. The Morgan fingerprint density at radius 1 is 1.05 bits per heavy atom. The summed E-state index contributed by atoms with van der Waals surface area (Å²) >= 11 is 10.3. The topological polar surface area (TPSA) is 20.3 Å². The number of hydrogen-bond donors (Lipinski definition) is 0. The first-order valence-corrected chi connectivity index (χ1v) is 8.30. The van der Waals surface area contributed by atoms with Gasteiger partial charge in [-0.2, -0.15) is 0 Å². The Bertz CT molecular complexity index is 623. The molecule has 2 rings (SSSR count). The molecule has 104 valence electrons. The summed E-state index contributed by atoms with van der Waals surface area (Å²) in [5, 5.41) is 0. The lowest BCUT2D eigenvalue weighted by Gasteiger charge is -2.18. The molecule has 2 nitrogen and oxygen atoms in total. The van der Waals surface area contributed by atoms with E-state index in [1.165, 1.54) is 0 Å². The van der Waals surface area contributed by atoms with Gasteiger partial charge in [-0.3, -0.25) is 4.79 Å². The molecule has 2 aromatic carbocycles. The van der Waals surface area contributed by atoms with Crippen molar-refractivity contribution in [1.29, 1.82) is 0 Å². The minimum atomic E-state index is -0.0113. The normalized spacial score (nSPS) is 10.4. The van der Waals surface area contributed by atoms with Crippen LogP contribution in [0.4, 0.5) is 0 Å². The highest BCUT2D eigenvalue weighted by molar-refractivity contribution is 9.11. The van der Waals surface area contributed by atoms with Crippen LogP contribution in [0.2, 0.25) is 0 Å². The van der Waals surface area contributed by atoms with E-state index in [0.29, 0.717) is 12.1 Å². The van der Waals surface area contributed by atoms with Crippen molar-refractivity contribution in [3.63, 3.8) is 0 Å². The van der Waals surface area contributed by atoms with Crippen molar-refractivity contribution < 1.29 is 4.79 Å². The third-order valence-electron chi connectivity index (χ3n) is 2.82. The number of halogens is 3. The summed E-state index contributed by atoms with van der Waals surface area (Å²) in [6.07, 6.45) is 0. The number of carbonyl (C=O) groups excluding carboxylic acids is 1. The lowest BCUT2D eigenvalue weighted by atomic mass is 10.1. The van der Waals surface area contributed by atoms with Gasteiger partial charge in [-0.05, 0) is 29.8 Å². The summed E-state index contributed by atoms with van der Waals surface area (Å²) in [5.74, 6) is -0.0113. The first-order valence-electron chi connectivity index (χ1n) is 5.92. The van der Waals surface area contributed by atoms with Crippen molar-refractivity contribution in [3.8, 4) is 0 Å². The van der Waals surface area contributed by atoms with Gasteiger partial charge >= 0.3 is 0 Å². The summed E-state index contributed by atoms with van der Waals surface area (Å²) < 4.78 is 2.77. The predicted octanol–water partition coefficient (Wildman–Crippen LogP) is 5.25. The van der Waals surface area contributed by atoms with Crippen LogP contribution in [0.3, 0.4) is 0 Å². The molecular formula is C15H12Br3NO. The summed E-state index contributed by atoms with van der Waals surface area (Å²) in [4.78, 5) is 14.1. The Balaban J connectivity index is 2.18. The number of carbonyl (C=O) groups is 1. The molecule has 0 radical (unpaired) electrons. The third-order valence-corrected chi connectivity index (χ3v) is 4.51. The van der Waals surface area contributed by atoms with E-state index in [0.717, 1.165) is 19.0 Å². The molecule has 0 saturated carbocycles. The lowest BCUT2D eigenvalue weighted by molar-refractivity contribution is 0.0784. The number of nitrogens with zero attached hydrogens (tertiary/aromatic N) is 1.